The standard InChI is InChI=1S/C34H39N3O5/c1-23-25(10-9-24-18-36(13-11-28(23)24)20-27-22-40-15-16-41-27)21-42-31-7-3-2-5-29(31)30-6-4-8-32(35-30)37-14-12-34(33(38)39)17-26(34)19-37/h2-10,26-27H,11-22H2,1H3,(H,38,39)/t26-,27-,34+/m0/s1. The van der Waals surface area contributed by atoms with E-state index in [9.17, 15) is 9.90 Å². The predicted octanol–water partition coefficient (Wildman–Crippen LogP) is 4.71. The van der Waals surface area contributed by atoms with Crippen molar-refractivity contribution in [3.8, 4) is 17.0 Å². The van der Waals surface area contributed by atoms with Gasteiger partial charge in [-0.3, -0.25) is 9.69 Å². The van der Waals surface area contributed by atoms with Crippen molar-refractivity contribution >= 4 is 11.8 Å². The SMILES string of the molecule is Cc1c(COc2ccccc2-c2cccc(N3CC[C@@]4(C(=O)O)C[C@H]4C3)n2)ccc2c1CCN(C[C@H]1COCCO1)C2. The van der Waals surface area contributed by atoms with E-state index in [0.717, 1.165) is 68.4 Å². The number of hydrogen-bond acceptors (Lipinski definition) is 7. The van der Waals surface area contributed by atoms with Gasteiger partial charge in [0.15, 0.2) is 0 Å². The number of aliphatic carboxylic acids is 1. The highest BCUT2D eigenvalue weighted by molar-refractivity contribution is 5.79. The number of benzene rings is 2. The van der Waals surface area contributed by atoms with Gasteiger partial charge in [-0.05, 0) is 78.6 Å². The van der Waals surface area contributed by atoms with Gasteiger partial charge in [0.2, 0.25) is 0 Å². The first-order chi connectivity index (χ1) is 20.5. The van der Waals surface area contributed by atoms with Crippen molar-refractivity contribution in [1.29, 1.82) is 0 Å². The molecule has 1 saturated carbocycles. The summed E-state index contributed by atoms with van der Waals surface area (Å²) < 4.78 is 17.9. The molecule has 3 atom stereocenters. The lowest BCUT2D eigenvalue weighted by Crippen LogP contribution is -2.42. The van der Waals surface area contributed by atoms with E-state index < -0.39 is 11.4 Å². The zero-order chi connectivity index (χ0) is 28.7. The highest BCUT2D eigenvalue weighted by Crippen LogP contribution is 2.58. The van der Waals surface area contributed by atoms with Crippen molar-refractivity contribution in [3.63, 3.8) is 0 Å². The third kappa shape index (κ3) is 5.27. The Hall–Kier alpha value is -3.46. The smallest absolute Gasteiger partial charge is 0.310 e. The van der Waals surface area contributed by atoms with Crippen molar-refractivity contribution in [2.75, 3.05) is 50.9 Å². The Morgan fingerprint density at radius 2 is 2.02 bits per heavy atom. The minimum absolute atomic E-state index is 0.166. The second-order valence-corrected chi connectivity index (χ2v) is 12.3. The molecule has 2 saturated heterocycles. The van der Waals surface area contributed by atoms with Crippen LogP contribution in [0.25, 0.3) is 11.3 Å². The average Bonchev–Trinajstić information content (AvgIpc) is 3.77. The Balaban J connectivity index is 1.03. The summed E-state index contributed by atoms with van der Waals surface area (Å²) in [6, 6.07) is 18.6. The van der Waals surface area contributed by atoms with Gasteiger partial charge in [0.1, 0.15) is 18.2 Å². The first kappa shape index (κ1) is 27.4. The molecule has 1 N–H and O–H groups in total. The molecule has 3 aliphatic heterocycles. The number of para-hydroxylation sites is 1. The first-order valence-corrected chi connectivity index (χ1v) is 15.2. The van der Waals surface area contributed by atoms with Crippen molar-refractivity contribution in [2.45, 2.75) is 45.4 Å². The molecular weight excluding hydrogens is 530 g/mol. The molecule has 0 radical (unpaired) electrons. The molecule has 1 aromatic heterocycles. The van der Waals surface area contributed by atoms with Gasteiger partial charge < -0.3 is 24.2 Å². The molecule has 220 valence electrons. The zero-order valence-corrected chi connectivity index (χ0v) is 24.3. The highest BCUT2D eigenvalue weighted by Gasteiger charge is 2.62. The largest absolute Gasteiger partial charge is 0.488 e. The summed E-state index contributed by atoms with van der Waals surface area (Å²) in [6.07, 6.45) is 2.65. The van der Waals surface area contributed by atoms with Crippen LogP contribution in [-0.2, 0) is 33.8 Å². The molecule has 0 spiro atoms. The number of carboxylic acid groups (broad SMARTS) is 1. The van der Waals surface area contributed by atoms with E-state index in [1.165, 1.54) is 22.3 Å². The molecular formula is C34H39N3O5. The van der Waals surface area contributed by atoms with Crippen LogP contribution in [-0.4, -0.2) is 73.1 Å². The molecule has 4 heterocycles. The van der Waals surface area contributed by atoms with Gasteiger partial charge in [-0.1, -0.05) is 30.3 Å². The second kappa shape index (κ2) is 11.3. The number of anilines is 1. The lowest BCUT2D eigenvalue weighted by molar-refractivity contribution is -0.144. The van der Waals surface area contributed by atoms with Gasteiger partial charge in [-0.15, -0.1) is 0 Å². The fraction of sp³-hybridized carbons (Fsp3) is 0.471. The molecule has 0 unspecified atom stereocenters. The Kier molecular flexibility index (Phi) is 7.38. The maximum Gasteiger partial charge on any atom is 0.310 e. The van der Waals surface area contributed by atoms with Gasteiger partial charge in [-0.2, -0.15) is 0 Å². The maximum atomic E-state index is 11.7. The van der Waals surface area contributed by atoms with Crippen LogP contribution in [0.2, 0.25) is 0 Å². The molecule has 8 heteroatoms. The lowest BCUT2D eigenvalue weighted by atomic mass is 9.92. The number of nitrogens with zero attached hydrogens (tertiary/aromatic N) is 3. The van der Waals surface area contributed by atoms with E-state index in [1.807, 2.05) is 36.4 Å². The highest BCUT2D eigenvalue weighted by atomic mass is 16.6. The van der Waals surface area contributed by atoms with E-state index in [4.69, 9.17) is 19.2 Å². The molecule has 0 bridgehead atoms. The van der Waals surface area contributed by atoms with E-state index in [0.29, 0.717) is 32.8 Å². The van der Waals surface area contributed by atoms with Gasteiger partial charge in [0.25, 0.3) is 0 Å². The van der Waals surface area contributed by atoms with Gasteiger partial charge in [-0.25, -0.2) is 4.98 Å². The normalized spacial score (nSPS) is 25.4. The molecule has 8 nitrogen and oxygen atoms in total. The summed E-state index contributed by atoms with van der Waals surface area (Å²) in [5.74, 6) is 1.28. The third-order valence-electron chi connectivity index (χ3n) is 9.76. The first-order valence-electron chi connectivity index (χ1n) is 15.2. The van der Waals surface area contributed by atoms with Gasteiger partial charge in [0, 0.05) is 38.3 Å². The molecule has 0 amide bonds. The molecule has 7 rings (SSSR count). The van der Waals surface area contributed by atoms with Crippen molar-refractivity contribution in [2.24, 2.45) is 11.3 Å². The minimum atomic E-state index is -0.642. The second-order valence-electron chi connectivity index (χ2n) is 12.3. The van der Waals surface area contributed by atoms with Gasteiger partial charge in [0.05, 0.1) is 37.0 Å². The Bertz CT molecular complexity index is 1470. The number of carbonyl (C=O) groups is 1. The van der Waals surface area contributed by atoms with E-state index in [-0.39, 0.29) is 12.0 Å². The van der Waals surface area contributed by atoms with Crippen molar-refractivity contribution in [3.05, 3.63) is 76.9 Å². The Morgan fingerprint density at radius 1 is 1.12 bits per heavy atom. The van der Waals surface area contributed by atoms with Crippen LogP contribution in [0.4, 0.5) is 5.82 Å². The van der Waals surface area contributed by atoms with E-state index >= 15 is 0 Å². The molecule has 3 aromatic rings. The number of pyridine rings is 1. The van der Waals surface area contributed by atoms with Crippen LogP contribution in [0.1, 0.15) is 35.1 Å². The number of ether oxygens (including phenoxy) is 3. The summed E-state index contributed by atoms with van der Waals surface area (Å²) in [5, 5.41) is 9.64. The molecule has 1 aliphatic carbocycles. The average molecular weight is 570 g/mol. The number of carboxylic acids is 1. The molecule has 42 heavy (non-hydrogen) atoms. The zero-order valence-electron chi connectivity index (χ0n) is 24.3. The van der Waals surface area contributed by atoms with Crippen LogP contribution in [0.5, 0.6) is 5.75 Å². The van der Waals surface area contributed by atoms with Crippen LogP contribution >= 0.6 is 0 Å². The fourth-order valence-corrected chi connectivity index (χ4v) is 7.09. The summed E-state index contributed by atoms with van der Waals surface area (Å²) in [7, 11) is 0. The van der Waals surface area contributed by atoms with Crippen molar-refractivity contribution in [1.82, 2.24) is 9.88 Å². The summed E-state index contributed by atoms with van der Waals surface area (Å²) >= 11 is 0. The monoisotopic (exact) mass is 569 g/mol. The summed E-state index contributed by atoms with van der Waals surface area (Å²) in [4.78, 5) is 21.4. The lowest BCUT2D eigenvalue weighted by Gasteiger charge is -2.34. The maximum absolute atomic E-state index is 11.7. The minimum Gasteiger partial charge on any atom is -0.488 e. The number of rotatable bonds is 8. The number of aromatic nitrogens is 1. The fourth-order valence-electron chi connectivity index (χ4n) is 7.09. The van der Waals surface area contributed by atoms with Gasteiger partial charge >= 0.3 is 5.97 Å². The molecule has 4 aliphatic rings. The Morgan fingerprint density at radius 3 is 2.86 bits per heavy atom. The third-order valence-corrected chi connectivity index (χ3v) is 9.76. The van der Waals surface area contributed by atoms with Crippen LogP contribution < -0.4 is 9.64 Å². The van der Waals surface area contributed by atoms with E-state index in [2.05, 4.69) is 34.9 Å². The van der Waals surface area contributed by atoms with Crippen LogP contribution in [0, 0.1) is 18.3 Å². The quantitative estimate of drug-likeness (QED) is 0.418. The number of piperidine rings is 1. The molecule has 2 aromatic carbocycles. The Labute approximate surface area is 247 Å². The number of fused-ring (bicyclic) bond motifs is 2. The van der Waals surface area contributed by atoms with Crippen molar-refractivity contribution < 1.29 is 24.1 Å². The topological polar surface area (TPSA) is 84.4 Å². The van der Waals surface area contributed by atoms with Crippen LogP contribution in [0.15, 0.2) is 54.6 Å². The van der Waals surface area contributed by atoms with E-state index in [1.54, 1.807) is 0 Å². The summed E-state index contributed by atoms with van der Waals surface area (Å²) in [6.45, 7) is 9.15. The van der Waals surface area contributed by atoms with Crippen LogP contribution in [0.3, 0.4) is 0 Å². The predicted molar refractivity (Wildman–Crippen MR) is 160 cm³/mol. The molecule has 3 fully saturated rings. The summed E-state index contributed by atoms with van der Waals surface area (Å²) in [5.41, 5.74) is 6.70. The number of hydrogen-bond donors (Lipinski definition) is 1.